The third-order valence-corrected chi connectivity index (χ3v) is 4.43. The first kappa shape index (κ1) is 18.8. The topological polar surface area (TPSA) is 105 Å². The van der Waals surface area contributed by atoms with Crippen molar-refractivity contribution in [2.45, 2.75) is 39.5 Å². The van der Waals surface area contributed by atoms with Crippen LogP contribution in [0.1, 0.15) is 36.8 Å². The molecule has 2 amide bonds. The van der Waals surface area contributed by atoms with E-state index >= 15 is 0 Å². The highest BCUT2D eigenvalue weighted by Crippen LogP contribution is 2.30. The van der Waals surface area contributed by atoms with Gasteiger partial charge in [-0.1, -0.05) is 30.5 Å². The molecule has 7 heteroatoms. The Morgan fingerprint density at radius 2 is 1.80 bits per heavy atom. The fraction of sp³-hybridized carbons (Fsp3) is 0.500. The van der Waals surface area contributed by atoms with E-state index in [-0.39, 0.29) is 6.61 Å². The van der Waals surface area contributed by atoms with Crippen molar-refractivity contribution in [3.05, 3.63) is 29.3 Å². The van der Waals surface area contributed by atoms with E-state index in [1.807, 2.05) is 26.0 Å². The molecule has 2 atom stereocenters. The highest BCUT2D eigenvalue weighted by molar-refractivity contribution is 5.87. The lowest BCUT2D eigenvalue weighted by molar-refractivity contribution is -0.149. The molecular formula is C18H24N2O5. The lowest BCUT2D eigenvalue weighted by atomic mass is 9.79. The Balaban J connectivity index is 1.80. The van der Waals surface area contributed by atoms with Crippen molar-refractivity contribution < 1.29 is 24.2 Å². The van der Waals surface area contributed by atoms with Crippen LogP contribution in [-0.4, -0.2) is 29.5 Å². The van der Waals surface area contributed by atoms with Gasteiger partial charge in [-0.05, 0) is 38.3 Å². The Kier molecular flexibility index (Phi) is 6.38. The molecule has 7 nitrogen and oxygen atoms in total. The zero-order chi connectivity index (χ0) is 18.4. The number of ether oxygens (including phenoxy) is 1. The Hall–Kier alpha value is -2.57. The van der Waals surface area contributed by atoms with Crippen LogP contribution in [0, 0.1) is 25.7 Å². The van der Waals surface area contributed by atoms with Crippen LogP contribution < -0.4 is 15.6 Å². The molecule has 0 heterocycles. The first-order chi connectivity index (χ1) is 11.9. The van der Waals surface area contributed by atoms with Gasteiger partial charge in [0, 0.05) is 0 Å². The van der Waals surface area contributed by atoms with Crippen molar-refractivity contribution in [1.29, 1.82) is 0 Å². The molecule has 1 aliphatic rings. The molecule has 136 valence electrons. The molecule has 1 aliphatic carbocycles. The van der Waals surface area contributed by atoms with Gasteiger partial charge in [0.15, 0.2) is 6.61 Å². The summed E-state index contributed by atoms with van der Waals surface area (Å²) in [6.45, 7) is 3.61. The molecule has 3 N–H and O–H groups in total. The van der Waals surface area contributed by atoms with Gasteiger partial charge in [0.25, 0.3) is 5.91 Å². The van der Waals surface area contributed by atoms with E-state index in [1.165, 1.54) is 0 Å². The summed E-state index contributed by atoms with van der Waals surface area (Å²) in [4.78, 5) is 35.2. The van der Waals surface area contributed by atoms with Gasteiger partial charge in [0.05, 0.1) is 11.8 Å². The van der Waals surface area contributed by atoms with Crippen LogP contribution in [0.15, 0.2) is 18.2 Å². The number of hydrogen-bond donors (Lipinski definition) is 3. The molecule has 0 spiro atoms. The summed E-state index contributed by atoms with van der Waals surface area (Å²) in [7, 11) is 0. The Morgan fingerprint density at radius 3 is 2.44 bits per heavy atom. The second kappa shape index (κ2) is 8.50. The monoisotopic (exact) mass is 348 g/mol. The van der Waals surface area contributed by atoms with E-state index < -0.39 is 29.6 Å². The zero-order valence-corrected chi connectivity index (χ0v) is 14.5. The molecule has 1 saturated carbocycles. The average Bonchev–Trinajstić information content (AvgIpc) is 2.58. The average molecular weight is 348 g/mol. The Bertz CT molecular complexity index is 659. The van der Waals surface area contributed by atoms with Gasteiger partial charge in [0.1, 0.15) is 5.75 Å². The molecule has 1 aromatic carbocycles. The lowest BCUT2D eigenvalue weighted by Crippen LogP contribution is -2.49. The molecular weight excluding hydrogens is 324 g/mol. The van der Waals surface area contributed by atoms with Crippen molar-refractivity contribution >= 4 is 17.8 Å². The van der Waals surface area contributed by atoms with E-state index in [0.29, 0.717) is 18.6 Å². The number of carbonyl (C=O) groups excluding carboxylic acids is 2. The van der Waals surface area contributed by atoms with E-state index in [1.54, 1.807) is 6.07 Å². The second-order valence-electron chi connectivity index (χ2n) is 6.43. The normalized spacial score (nSPS) is 19.8. The van der Waals surface area contributed by atoms with Crippen molar-refractivity contribution in [2.75, 3.05) is 6.61 Å². The molecule has 0 aromatic heterocycles. The fourth-order valence-electron chi connectivity index (χ4n) is 3.10. The quantitative estimate of drug-likeness (QED) is 0.703. The summed E-state index contributed by atoms with van der Waals surface area (Å²) in [6.07, 6.45) is 2.61. The predicted molar refractivity (Wildman–Crippen MR) is 90.8 cm³/mol. The van der Waals surface area contributed by atoms with Crippen LogP contribution in [0.4, 0.5) is 0 Å². The Morgan fingerprint density at radius 1 is 1.12 bits per heavy atom. The van der Waals surface area contributed by atoms with E-state index in [4.69, 9.17) is 4.74 Å². The number of rotatable bonds is 5. The van der Waals surface area contributed by atoms with Gasteiger partial charge in [-0.15, -0.1) is 0 Å². The molecule has 0 unspecified atom stereocenters. The highest BCUT2D eigenvalue weighted by Gasteiger charge is 2.35. The molecule has 0 saturated heterocycles. The van der Waals surface area contributed by atoms with Crippen LogP contribution in [-0.2, 0) is 14.4 Å². The van der Waals surface area contributed by atoms with Crippen molar-refractivity contribution in [3.63, 3.8) is 0 Å². The van der Waals surface area contributed by atoms with Crippen LogP contribution in [0.3, 0.4) is 0 Å². The molecule has 0 bridgehead atoms. The maximum atomic E-state index is 12.2. The number of carboxylic acid groups (broad SMARTS) is 1. The molecule has 1 fully saturated rings. The summed E-state index contributed by atoms with van der Waals surface area (Å²) in [5.41, 5.74) is 6.62. The minimum absolute atomic E-state index is 0.239. The lowest BCUT2D eigenvalue weighted by Gasteiger charge is -2.27. The molecule has 2 rings (SSSR count). The number of nitrogens with one attached hydrogen (secondary N) is 2. The van der Waals surface area contributed by atoms with Gasteiger partial charge >= 0.3 is 5.97 Å². The standard InChI is InChI=1S/C18H24N2O5/c1-11-7-8-15(12(2)9-11)25-10-16(21)19-20-17(22)13-5-3-4-6-14(13)18(23)24/h7-9,13-14H,3-6,10H2,1-2H3,(H,19,21)(H,20,22)(H,23,24)/t13-,14-/m1/s1. The van der Waals surface area contributed by atoms with E-state index in [0.717, 1.165) is 24.0 Å². The number of carbonyl (C=O) groups is 3. The maximum Gasteiger partial charge on any atom is 0.307 e. The first-order valence-electron chi connectivity index (χ1n) is 8.40. The summed E-state index contributed by atoms with van der Waals surface area (Å²) >= 11 is 0. The van der Waals surface area contributed by atoms with Crippen LogP contribution in [0.5, 0.6) is 5.75 Å². The first-order valence-corrected chi connectivity index (χ1v) is 8.40. The summed E-state index contributed by atoms with van der Waals surface area (Å²) < 4.78 is 5.43. The number of benzene rings is 1. The van der Waals surface area contributed by atoms with Crippen molar-refractivity contribution in [2.24, 2.45) is 11.8 Å². The van der Waals surface area contributed by atoms with Crippen molar-refractivity contribution in [3.8, 4) is 5.75 Å². The fourth-order valence-corrected chi connectivity index (χ4v) is 3.10. The summed E-state index contributed by atoms with van der Waals surface area (Å²) in [5, 5.41) is 9.20. The van der Waals surface area contributed by atoms with Gasteiger partial charge in [-0.2, -0.15) is 0 Å². The zero-order valence-electron chi connectivity index (χ0n) is 14.5. The Labute approximate surface area is 146 Å². The van der Waals surface area contributed by atoms with E-state index in [2.05, 4.69) is 10.9 Å². The van der Waals surface area contributed by atoms with E-state index in [9.17, 15) is 19.5 Å². The third kappa shape index (κ3) is 5.20. The number of aliphatic carboxylic acids is 1. The minimum atomic E-state index is -0.968. The minimum Gasteiger partial charge on any atom is -0.483 e. The third-order valence-electron chi connectivity index (χ3n) is 4.43. The molecule has 0 aliphatic heterocycles. The maximum absolute atomic E-state index is 12.2. The number of amides is 2. The van der Waals surface area contributed by atoms with Gasteiger partial charge in [-0.25, -0.2) is 0 Å². The van der Waals surface area contributed by atoms with Gasteiger partial charge in [-0.3, -0.25) is 25.2 Å². The largest absolute Gasteiger partial charge is 0.483 e. The highest BCUT2D eigenvalue weighted by atomic mass is 16.5. The second-order valence-corrected chi connectivity index (χ2v) is 6.43. The predicted octanol–water partition coefficient (Wildman–Crippen LogP) is 1.72. The molecule has 0 radical (unpaired) electrons. The van der Waals surface area contributed by atoms with Gasteiger partial charge in [0.2, 0.25) is 5.91 Å². The smallest absolute Gasteiger partial charge is 0.307 e. The van der Waals surface area contributed by atoms with Crippen LogP contribution in [0.25, 0.3) is 0 Å². The number of carboxylic acids is 1. The SMILES string of the molecule is Cc1ccc(OCC(=O)NNC(=O)[C@@H]2CCCC[C@H]2C(=O)O)c(C)c1. The number of hydrogen-bond acceptors (Lipinski definition) is 4. The number of aryl methyl sites for hydroxylation is 2. The van der Waals surface area contributed by atoms with Crippen molar-refractivity contribution in [1.82, 2.24) is 10.9 Å². The summed E-state index contributed by atoms with van der Waals surface area (Å²) in [5.74, 6) is -2.65. The molecule has 25 heavy (non-hydrogen) atoms. The van der Waals surface area contributed by atoms with Crippen LogP contribution in [0.2, 0.25) is 0 Å². The van der Waals surface area contributed by atoms with Crippen LogP contribution >= 0.6 is 0 Å². The van der Waals surface area contributed by atoms with Gasteiger partial charge < -0.3 is 9.84 Å². The summed E-state index contributed by atoms with van der Waals surface area (Å²) in [6, 6.07) is 5.62. The number of hydrazine groups is 1. The molecule has 1 aromatic rings.